The maximum Gasteiger partial charge on any atom is 0.311 e. The second kappa shape index (κ2) is 9.44. The van der Waals surface area contributed by atoms with E-state index in [1.54, 1.807) is 62.3 Å². The molecule has 1 rings (SSSR count). The van der Waals surface area contributed by atoms with E-state index in [0.29, 0.717) is 0 Å². The van der Waals surface area contributed by atoms with Crippen molar-refractivity contribution in [3.8, 4) is 0 Å². The first-order chi connectivity index (χ1) is 13.4. The van der Waals surface area contributed by atoms with Gasteiger partial charge in [0.15, 0.2) is 6.10 Å². The standard InChI is InChI=1S/C21H36O8S/c1-19(2,3)16(24)27-10-11-13(28-17(25)20(4,5)6)12(22)14(15(23)30-11)29-18(26)21(7,8)9/h11-15,22-23H,10H2,1-9H3/t11-,12-,13+,14+,15-/m0/s1. The van der Waals surface area contributed by atoms with Crippen molar-refractivity contribution in [2.75, 3.05) is 6.61 Å². The van der Waals surface area contributed by atoms with Crippen LogP contribution in [0.4, 0.5) is 0 Å². The molecule has 174 valence electrons. The van der Waals surface area contributed by atoms with Gasteiger partial charge < -0.3 is 24.4 Å². The van der Waals surface area contributed by atoms with E-state index in [4.69, 9.17) is 14.2 Å². The minimum Gasteiger partial charge on any atom is -0.464 e. The van der Waals surface area contributed by atoms with Gasteiger partial charge in [-0.3, -0.25) is 14.4 Å². The molecule has 0 radical (unpaired) electrons. The predicted molar refractivity (Wildman–Crippen MR) is 112 cm³/mol. The van der Waals surface area contributed by atoms with E-state index in [-0.39, 0.29) is 6.61 Å². The quantitative estimate of drug-likeness (QED) is 0.493. The van der Waals surface area contributed by atoms with E-state index in [1.807, 2.05) is 0 Å². The van der Waals surface area contributed by atoms with Gasteiger partial charge in [0, 0.05) is 0 Å². The summed E-state index contributed by atoms with van der Waals surface area (Å²) >= 11 is 0.928. The summed E-state index contributed by atoms with van der Waals surface area (Å²) in [5.41, 5.74) is -3.71. The van der Waals surface area contributed by atoms with Gasteiger partial charge >= 0.3 is 17.9 Å². The van der Waals surface area contributed by atoms with Crippen LogP contribution in [0.3, 0.4) is 0 Å². The van der Waals surface area contributed by atoms with Crippen LogP contribution in [0.2, 0.25) is 0 Å². The molecule has 1 heterocycles. The molecule has 2 N–H and O–H groups in total. The monoisotopic (exact) mass is 448 g/mol. The lowest BCUT2D eigenvalue weighted by Crippen LogP contribution is -2.58. The van der Waals surface area contributed by atoms with Gasteiger partial charge in [0.05, 0.1) is 21.5 Å². The molecule has 0 unspecified atom stereocenters. The maximum atomic E-state index is 12.5. The minimum absolute atomic E-state index is 0.184. The average Bonchev–Trinajstić information content (AvgIpc) is 2.56. The lowest BCUT2D eigenvalue weighted by Gasteiger charge is -2.42. The number of hydrogen-bond donors (Lipinski definition) is 2. The molecule has 8 nitrogen and oxygen atoms in total. The summed E-state index contributed by atoms with van der Waals surface area (Å²) in [5, 5.41) is 20.6. The Morgan fingerprint density at radius 1 is 0.733 bits per heavy atom. The fourth-order valence-electron chi connectivity index (χ4n) is 2.29. The smallest absolute Gasteiger partial charge is 0.311 e. The molecule has 0 aliphatic carbocycles. The maximum absolute atomic E-state index is 12.5. The molecule has 5 atom stereocenters. The number of ether oxygens (including phenoxy) is 3. The number of hydrogen-bond acceptors (Lipinski definition) is 9. The van der Waals surface area contributed by atoms with Gasteiger partial charge in [-0.05, 0) is 62.3 Å². The number of esters is 3. The Labute approximate surface area is 183 Å². The molecule has 0 aromatic carbocycles. The third kappa shape index (κ3) is 7.13. The largest absolute Gasteiger partial charge is 0.464 e. The Balaban J connectivity index is 3.09. The van der Waals surface area contributed by atoms with E-state index in [9.17, 15) is 24.6 Å². The number of thioether (sulfide) groups is 1. The highest BCUT2D eigenvalue weighted by molar-refractivity contribution is 8.00. The Morgan fingerprint density at radius 2 is 1.13 bits per heavy atom. The van der Waals surface area contributed by atoms with Crippen LogP contribution in [-0.2, 0) is 28.6 Å². The summed E-state index contributed by atoms with van der Waals surface area (Å²) in [7, 11) is 0. The molecule has 1 saturated heterocycles. The van der Waals surface area contributed by atoms with Crippen LogP contribution in [0.5, 0.6) is 0 Å². The minimum atomic E-state index is -1.49. The van der Waals surface area contributed by atoms with Crippen LogP contribution in [-0.4, -0.2) is 63.7 Å². The van der Waals surface area contributed by atoms with Crippen molar-refractivity contribution in [1.29, 1.82) is 0 Å². The summed E-state index contributed by atoms with van der Waals surface area (Å²) in [4.78, 5) is 36.9. The Hall–Kier alpha value is -1.32. The van der Waals surface area contributed by atoms with Gasteiger partial charge in [0.1, 0.15) is 24.3 Å². The highest BCUT2D eigenvalue weighted by Crippen LogP contribution is 2.37. The molecule has 1 fully saturated rings. The topological polar surface area (TPSA) is 119 Å². The van der Waals surface area contributed by atoms with Crippen LogP contribution >= 0.6 is 11.8 Å². The summed E-state index contributed by atoms with van der Waals surface area (Å²) < 4.78 is 16.2. The zero-order valence-corrected chi connectivity index (χ0v) is 20.2. The summed E-state index contributed by atoms with van der Waals surface area (Å²) in [5.74, 6) is -1.64. The molecule has 9 heteroatoms. The predicted octanol–water partition coefficient (Wildman–Crippen LogP) is 2.29. The highest BCUT2D eigenvalue weighted by Gasteiger charge is 2.50. The third-order valence-corrected chi connectivity index (χ3v) is 5.64. The highest BCUT2D eigenvalue weighted by atomic mass is 32.2. The fraction of sp³-hybridized carbons (Fsp3) is 0.857. The van der Waals surface area contributed by atoms with Gasteiger partial charge in [0.25, 0.3) is 0 Å². The van der Waals surface area contributed by atoms with E-state index in [0.717, 1.165) is 11.8 Å². The SMILES string of the molecule is CC(C)(C)C(=O)OC[C@@H]1S[C@H](O)[C@H](OC(=O)C(C)(C)C)[C@@H](O)[C@@H]1OC(=O)C(C)(C)C. The number of carbonyl (C=O) groups is 3. The number of rotatable bonds is 4. The van der Waals surface area contributed by atoms with E-state index in [1.165, 1.54) is 0 Å². The molecule has 0 aromatic heterocycles. The van der Waals surface area contributed by atoms with Crippen LogP contribution in [0.1, 0.15) is 62.3 Å². The number of aliphatic hydroxyl groups is 2. The van der Waals surface area contributed by atoms with Crippen molar-refractivity contribution >= 4 is 29.7 Å². The summed E-state index contributed by atoms with van der Waals surface area (Å²) in [6, 6.07) is 0. The molecule has 0 aromatic rings. The van der Waals surface area contributed by atoms with E-state index >= 15 is 0 Å². The van der Waals surface area contributed by atoms with E-state index < -0.39 is 63.2 Å². The van der Waals surface area contributed by atoms with Gasteiger partial charge in [-0.15, -0.1) is 11.8 Å². The Bertz CT molecular complexity index is 639. The molecule has 0 saturated carbocycles. The molecule has 0 bridgehead atoms. The molecule has 1 aliphatic rings. The van der Waals surface area contributed by atoms with Crippen molar-refractivity contribution in [3.05, 3.63) is 0 Å². The zero-order chi connectivity index (χ0) is 23.7. The van der Waals surface area contributed by atoms with Gasteiger partial charge in [-0.25, -0.2) is 0 Å². The summed E-state index contributed by atoms with van der Waals surface area (Å²) in [6.07, 6.45) is -3.93. The van der Waals surface area contributed by atoms with Gasteiger partial charge in [-0.2, -0.15) is 0 Å². The molecule has 0 spiro atoms. The van der Waals surface area contributed by atoms with Crippen LogP contribution < -0.4 is 0 Å². The summed E-state index contributed by atoms with van der Waals surface area (Å²) in [6.45, 7) is 14.9. The third-order valence-electron chi connectivity index (χ3n) is 4.34. The first kappa shape index (κ1) is 26.7. The Kier molecular flexibility index (Phi) is 8.41. The second-order valence-electron chi connectivity index (χ2n) is 10.6. The average molecular weight is 449 g/mol. The molecular weight excluding hydrogens is 412 g/mol. The van der Waals surface area contributed by atoms with Crippen LogP contribution in [0.15, 0.2) is 0 Å². The van der Waals surface area contributed by atoms with Crippen molar-refractivity contribution < 1.29 is 38.8 Å². The number of carbonyl (C=O) groups excluding carboxylic acids is 3. The molecular formula is C21H36O8S. The molecule has 0 amide bonds. The lowest BCUT2D eigenvalue weighted by atomic mass is 9.96. The first-order valence-electron chi connectivity index (χ1n) is 9.96. The van der Waals surface area contributed by atoms with Crippen LogP contribution in [0, 0.1) is 16.2 Å². The molecule has 30 heavy (non-hydrogen) atoms. The first-order valence-corrected chi connectivity index (χ1v) is 10.9. The van der Waals surface area contributed by atoms with Crippen molar-refractivity contribution in [3.63, 3.8) is 0 Å². The zero-order valence-electron chi connectivity index (χ0n) is 19.3. The van der Waals surface area contributed by atoms with Crippen molar-refractivity contribution in [2.24, 2.45) is 16.2 Å². The Morgan fingerprint density at radius 3 is 1.53 bits per heavy atom. The fourth-order valence-corrected chi connectivity index (χ4v) is 3.54. The second-order valence-corrected chi connectivity index (χ2v) is 12.0. The lowest BCUT2D eigenvalue weighted by molar-refractivity contribution is -0.188. The number of aliphatic hydroxyl groups excluding tert-OH is 2. The molecule has 1 aliphatic heterocycles. The van der Waals surface area contributed by atoms with E-state index in [2.05, 4.69) is 0 Å². The normalized spacial score (nSPS) is 27.9. The van der Waals surface area contributed by atoms with Crippen molar-refractivity contribution in [2.45, 2.75) is 91.3 Å². The van der Waals surface area contributed by atoms with Crippen molar-refractivity contribution in [1.82, 2.24) is 0 Å². The van der Waals surface area contributed by atoms with Crippen LogP contribution in [0.25, 0.3) is 0 Å². The van der Waals surface area contributed by atoms with Gasteiger partial charge in [0.2, 0.25) is 0 Å². The van der Waals surface area contributed by atoms with Gasteiger partial charge in [-0.1, -0.05) is 0 Å².